The van der Waals surface area contributed by atoms with E-state index in [-0.39, 0.29) is 40.4 Å². The zero-order valence-electron chi connectivity index (χ0n) is 22.4. The topological polar surface area (TPSA) is 184 Å². The van der Waals surface area contributed by atoms with E-state index in [0.717, 1.165) is 0 Å². The minimum Gasteiger partial charge on any atom is -0.478 e. The van der Waals surface area contributed by atoms with E-state index in [2.05, 4.69) is 29.3 Å². The molecule has 2 aromatic carbocycles. The number of thioether (sulfide) groups is 4. The standard InChI is InChI=1S/C25H22N6O6S6/c1-38-22-28-24(42-30-22)40-10-18(32)26-16-5-3-12(8-14(16)20(34)35)7-13-4-6-17(15(9-13)21(36)37)27-19(33)11-41-25-29-23(39-2)31-43-25/h3-6,8-9H,7,10-11H2,1-2H3,(H,26,32)(H,27,33)(H,34,35)(H,36,37). The van der Waals surface area contributed by atoms with Crippen molar-refractivity contribution in [3.63, 3.8) is 0 Å². The monoisotopic (exact) mass is 694 g/mol. The number of amides is 2. The number of carbonyl (C=O) groups excluding carboxylic acids is 2. The number of anilines is 2. The molecule has 18 heteroatoms. The first-order valence-corrected chi connectivity index (χ1v) is 17.9. The Morgan fingerprint density at radius 2 is 1.14 bits per heavy atom. The zero-order chi connectivity index (χ0) is 30.9. The van der Waals surface area contributed by atoms with E-state index < -0.39 is 23.8 Å². The van der Waals surface area contributed by atoms with E-state index >= 15 is 0 Å². The van der Waals surface area contributed by atoms with Crippen LogP contribution in [-0.2, 0) is 16.0 Å². The van der Waals surface area contributed by atoms with Gasteiger partial charge in [-0.15, -0.1) is 0 Å². The lowest BCUT2D eigenvalue weighted by Gasteiger charge is -2.12. The first-order valence-electron chi connectivity index (χ1n) is 12.0. The molecule has 2 heterocycles. The van der Waals surface area contributed by atoms with Crippen LogP contribution in [0.2, 0.25) is 0 Å². The van der Waals surface area contributed by atoms with E-state index in [9.17, 15) is 29.4 Å². The highest BCUT2D eigenvalue weighted by Crippen LogP contribution is 2.27. The molecule has 0 unspecified atom stereocenters. The molecule has 0 bridgehead atoms. The second-order valence-electron chi connectivity index (χ2n) is 8.31. The van der Waals surface area contributed by atoms with Gasteiger partial charge in [-0.3, -0.25) is 9.59 Å². The van der Waals surface area contributed by atoms with Crippen molar-refractivity contribution in [2.24, 2.45) is 0 Å². The number of aromatic carboxylic acids is 2. The lowest BCUT2D eigenvalue weighted by atomic mass is 9.99. The fourth-order valence-electron chi connectivity index (χ4n) is 3.51. The average Bonchev–Trinajstić information content (AvgIpc) is 3.66. The Bertz CT molecular complexity index is 1540. The summed E-state index contributed by atoms with van der Waals surface area (Å²) in [4.78, 5) is 57.4. The van der Waals surface area contributed by atoms with Crippen molar-refractivity contribution in [1.82, 2.24) is 18.7 Å². The number of carboxylic acids is 2. The van der Waals surface area contributed by atoms with Crippen molar-refractivity contribution in [1.29, 1.82) is 0 Å². The molecule has 0 aliphatic rings. The largest absolute Gasteiger partial charge is 0.478 e. The summed E-state index contributed by atoms with van der Waals surface area (Å²) >= 11 is 7.58. The molecule has 4 aromatic rings. The second kappa shape index (κ2) is 15.5. The summed E-state index contributed by atoms with van der Waals surface area (Å²) in [7, 11) is 0. The first kappa shape index (κ1) is 32.7. The summed E-state index contributed by atoms with van der Waals surface area (Å²) in [5, 5.41) is 26.0. The Morgan fingerprint density at radius 3 is 1.49 bits per heavy atom. The number of rotatable bonds is 14. The predicted molar refractivity (Wildman–Crippen MR) is 172 cm³/mol. The third-order valence-corrected chi connectivity index (χ3v) is 10.4. The maximum atomic E-state index is 12.5. The third kappa shape index (κ3) is 9.41. The minimum atomic E-state index is -1.22. The van der Waals surface area contributed by atoms with Crippen LogP contribution in [0.4, 0.5) is 11.4 Å². The van der Waals surface area contributed by atoms with Crippen LogP contribution < -0.4 is 10.6 Å². The van der Waals surface area contributed by atoms with Gasteiger partial charge in [0.05, 0.1) is 34.0 Å². The van der Waals surface area contributed by atoms with Gasteiger partial charge in [-0.05, 0) is 77.4 Å². The molecule has 0 radical (unpaired) electrons. The first-order chi connectivity index (χ1) is 20.6. The molecule has 43 heavy (non-hydrogen) atoms. The van der Waals surface area contributed by atoms with E-state index in [4.69, 9.17) is 0 Å². The number of benzene rings is 2. The number of nitrogens with one attached hydrogen (secondary N) is 2. The van der Waals surface area contributed by atoms with Crippen LogP contribution in [-0.4, -0.2) is 76.7 Å². The van der Waals surface area contributed by atoms with Crippen LogP contribution in [0.5, 0.6) is 0 Å². The molecule has 4 N–H and O–H groups in total. The molecule has 4 rings (SSSR count). The van der Waals surface area contributed by atoms with Crippen molar-refractivity contribution < 1.29 is 29.4 Å². The van der Waals surface area contributed by atoms with Gasteiger partial charge in [-0.2, -0.15) is 8.75 Å². The molecule has 2 amide bonds. The molecule has 0 aliphatic heterocycles. The highest BCUT2D eigenvalue weighted by Gasteiger charge is 2.17. The number of carboxylic acid groups (broad SMARTS) is 2. The van der Waals surface area contributed by atoms with Crippen LogP contribution in [0.1, 0.15) is 31.8 Å². The van der Waals surface area contributed by atoms with Gasteiger partial charge < -0.3 is 20.8 Å². The fourth-order valence-corrected chi connectivity index (χ4v) is 7.53. The van der Waals surface area contributed by atoms with Crippen LogP contribution in [0.25, 0.3) is 0 Å². The lowest BCUT2D eigenvalue weighted by molar-refractivity contribution is -0.114. The molecular formula is C25H22N6O6S6. The van der Waals surface area contributed by atoms with Gasteiger partial charge >= 0.3 is 11.9 Å². The molecular weight excluding hydrogens is 673 g/mol. The Morgan fingerprint density at radius 1 is 0.721 bits per heavy atom. The van der Waals surface area contributed by atoms with Crippen molar-refractivity contribution in [2.75, 3.05) is 34.7 Å². The molecule has 0 saturated heterocycles. The zero-order valence-corrected chi connectivity index (χ0v) is 27.3. The number of carbonyl (C=O) groups is 4. The fraction of sp³-hybridized carbons (Fsp3) is 0.200. The van der Waals surface area contributed by atoms with Gasteiger partial charge in [0.25, 0.3) is 0 Å². The molecule has 0 saturated carbocycles. The molecule has 2 aromatic heterocycles. The van der Waals surface area contributed by atoms with Crippen molar-refractivity contribution in [3.8, 4) is 0 Å². The van der Waals surface area contributed by atoms with Crippen LogP contribution in [0.15, 0.2) is 55.4 Å². The SMILES string of the molecule is CSc1nsc(SCC(=O)Nc2ccc(Cc3ccc(NC(=O)CSc4nc(SC)ns4)c(C(=O)O)c3)cc2C(=O)O)n1. The van der Waals surface area contributed by atoms with E-state index in [1.807, 2.05) is 12.5 Å². The Balaban J connectivity index is 1.40. The summed E-state index contributed by atoms with van der Waals surface area (Å²) < 4.78 is 9.55. The molecule has 0 fully saturated rings. The van der Waals surface area contributed by atoms with Gasteiger partial charge in [0, 0.05) is 0 Å². The van der Waals surface area contributed by atoms with Crippen molar-refractivity contribution in [2.45, 2.75) is 25.4 Å². The summed E-state index contributed by atoms with van der Waals surface area (Å²) in [6.45, 7) is 0. The number of hydrogen-bond acceptors (Lipinski definition) is 14. The predicted octanol–water partition coefficient (Wildman–Crippen LogP) is 5.28. The highest BCUT2D eigenvalue weighted by molar-refractivity contribution is 8.02. The van der Waals surface area contributed by atoms with Gasteiger partial charge in [0.15, 0.2) is 8.68 Å². The normalized spacial score (nSPS) is 10.8. The Hall–Kier alpha value is -3.16. The molecule has 224 valence electrons. The van der Waals surface area contributed by atoms with Crippen molar-refractivity contribution in [3.05, 3.63) is 58.7 Å². The molecule has 0 spiro atoms. The quantitative estimate of drug-likeness (QED) is 0.125. The van der Waals surface area contributed by atoms with Crippen LogP contribution >= 0.6 is 70.1 Å². The number of aromatic nitrogens is 4. The lowest BCUT2D eigenvalue weighted by Crippen LogP contribution is -2.17. The maximum Gasteiger partial charge on any atom is 0.337 e. The van der Waals surface area contributed by atoms with Gasteiger partial charge in [0.1, 0.15) is 0 Å². The van der Waals surface area contributed by atoms with E-state index in [0.29, 0.717) is 30.1 Å². The van der Waals surface area contributed by atoms with Crippen molar-refractivity contribution >= 4 is 105 Å². The number of hydrogen-bond donors (Lipinski definition) is 4. The van der Waals surface area contributed by atoms with Gasteiger partial charge in [-0.1, -0.05) is 59.2 Å². The smallest absolute Gasteiger partial charge is 0.337 e. The van der Waals surface area contributed by atoms with Crippen LogP contribution in [0.3, 0.4) is 0 Å². The number of nitrogens with zero attached hydrogens (tertiary/aromatic N) is 4. The van der Waals surface area contributed by atoms with Gasteiger partial charge in [0.2, 0.25) is 22.1 Å². The third-order valence-electron chi connectivity index (χ3n) is 5.38. The van der Waals surface area contributed by atoms with E-state index in [1.165, 1.54) is 94.4 Å². The summed E-state index contributed by atoms with van der Waals surface area (Å²) in [6.07, 6.45) is 3.93. The van der Waals surface area contributed by atoms with E-state index in [1.54, 1.807) is 12.1 Å². The summed E-state index contributed by atoms with van der Waals surface area (Å²) in [5.74, 6) is -3.17. The maximum absolute atomic E-state index is 12.5. The molecule has 0 atom stereocenters. The summed E-state index contributed by atoms with van der Waals surface area (Å²) in [5.41, 5.74) is 1.27. The van der Waals surface area contributed by atoms with Crippen LogP contribution in [0, 0.1) is 0 Å². The molecule has 12 nitrogen and oxygen atoms in total. The molecule has 0 aliphatic carbocycles. The summed E-state index contributed by atoms with van der Waals surface area (Å²) in [6, 6.07) is 9.20. The Kier molecular flexibility index (Phi) is 11.8. The minimum absolute atomic E-state index is 0.0322. The van der Waals surface area contributed by atoms with Gasteiger partial charge in [-0.25, -0.2) is 19.6 Å². The highest BCUT2D eigenvalue weighted by atomic mass is 32.2. The Labute approximate surface area is 270 Å². The average molecular weight is 695 g/mol. The second-order valence-corrected chi connectivity index (χ2v) is 13.8.